The minimum absolute atomic E-state index is 0.0642. The summed E-state index contributed by atoms with van der Waals surface area (Å²) in [5, 5.41) is 1.43. The molecule has 0 bridgehead atoms. The predicted molar refractivity (Wildman–Crippen MR) is 139 cm³/mol. The Hall–Kier alpha value is -2.68. The van der Waals surface area contributed by atoms with Gasteiger partial charge in [0.15, 0.2) is 5.16 Å². The molecule has 0 saturated heterocycles. The van der Waals surface area contributed by atoms with E-state index in [-0.39, 0.29) is 6.42 Å². The Morgan fingerprint density at radius 1 is 1.06 bits per heavy atom. The first kappa shape index (κ1) is 26.4. The molecule has 10 heteroatoms. The van der Waals surface area contributed by atoms with E-state index in [0.29, 0.717) is 32.6 Å². The van der Waals surface area contributed by atoms with Gasteiger partial charge in [0.2, 0.25) is 5.88 Å². The molecule has 2 aromatic heterocycles. The van der Waals surface area contributed by atoms with E-state index in [0.717, 1.165) is 41.6 Å². The van der Waals surface area contributed by atoms with Crippen LogP contribution in [0.2, 0.25) is 10.0 Å². The third-order valence-corrected chi connectivity index (χ3v) is 7.36. The maximum Gasteiger partial charge on any atom is 0.313 e. The topological polar surface area (TPSA) is 91.3 Å². The van der Waals surface area contributed by atoms with Crippen molar-refractivity contribution in [2.75, 3.05) is 0 Å². The number of thioether (sulfide) groups is 1. The maximum atomic E-state index is 13.1. The molecule has 0 spiro atoms. The summed E-state index contributed by atoms with van der Waals surface area (Å²) in [7, 11) is 0. The molecule has 0 fully saturated rings. The second-order valence-electron chi connectivity index (χ2n) is 9.09. The lowest BCUT2D eigenvalue weighted by molar-refractivity contribution is -0.136. The fraction of sp³-hybridized carbons (Fsp3) is 0.346. The van der Waals surface area contributed by atoms with Gasteiger partial charge in [0.25, 0.3) is 0 Å². The molecule has 1 aliphatic carbocycles. The average molecular weight is 546 g/mol. The van der Waals surface area contributed by atoms with Gasteiger partial charge in [-0.3, -0.25) is 14.6 Å². The lowest BCUT2D eigenvalue weighted by Gasteiger charge is -2.26. The number of halogens is 2. The number of benzene rings is 1. The number of pyridine rings is 1. The van der Waals surface area contributed by atoms with Crippen LogP contribution in [0.1, 0.15) is 56.0 Å². The van der Waals surface area contributed by atoms with E-state index in [9.17, 15) is 9.59 Å². The van der Waals surface area contributed by atoms with Crippen molar-refractivity contribution in [1.29, 1.82) is 0 Å². The quantitative estimate of drug-likeness (QED) is 0.144. The summed E-state index contributed by atoms with van der Waals surface area (Å²) in [6.07, 6.45) is 5.63. The Morgan fingerprint density at radius 2 is 1.78 bits per heavy atom. The molecule has 3 aromatic rings. The van der Waals surface area contributed by atoms with Crippen LogP contribution in [0.25, 0.3) is 0 Å². The summed E-state index contributed by atoms with van der Waals surface area (Å²) < 4.78 is 11.2. The van der Waals surface area contributed by atoms with Crippen LogP contribution in [0.15, 0.2) is 41.8 Å². The number of carbonyl (C=O) groups excluding carboxylic acids is 2. The standard InChI is InChI=1S/C26H25Cl2N3O4S/c1-15(32)34-22-10-5-4-8-18(22)26(2,3)11-23(33)35-24-16-7-6-9-21(16)30-25(31-24)36-14-17-19(27)12-29-13-20(17)28/h4-5,8,10,12-13H,6-7,9,11,14H2,1-3H3. The lowest BCUT2D eigenvalue weighted by Crippen LogP contribution is -2.26. The van der Waals surface area contributed by atoms with E-state index in [1.165, 1.54) is 18.7 Å². The highest BCUT2D eigenvalue weighted by molar-refractivity contribution is 7.98. The Kier molecular flexibility index (Phi) is 8.17. The van der Waals surface area contributed by atoms with Crippen molar-refractivity contribution in [2.24, 2.45) is 0 Å². The number of esters is 2. The summed E-state index contributed by atoms with van der Waals surface area (Å²) in [6.45, 7) is 5.16. The minimum Gasteiger partial charge on any atom is -0.426 e. The van der Waals surface area contributed by atoms with Gasteiger partial charge >= 0.3 is 11.9 Å². The summed E-state index contributed by atoms with van der Waals surface area (Å²) in [6, 6.07) is 7.19. The fourth-order valence-electron chi connectivity index (χ4n) is 4.11. The number of para-hydroxylation sites is 1. The molecule has 0 N–H and O–H groups in total. The summed E-state index contributed by atoms with van der Waals surface area (Å²) >= 11 is 13.9. The molecule has 1 aromatic carbocycles. The van der Waals surface area contributed by atoms with E-state index < -0.39 is 17.4 Å². The molecule has 188 valence electrons. The normalized spacial score (nSPS) is 12.8. The predicted octanol–water partition coefficient (Wildman–Crippen LogP) is 6.16. The Morgan fingerprint density at radius 3 is 2.50 bits per heavy atom. The molecule has 0 unspecified atom stereocenters. The highest BCUT2D eigenvalue weighted by atomic mass is 35.5. The Labute approximate surface area is 223 Å². The number of hydrogen-bond acceptors (Lipinski definition) is 8. The number of aryl methyl sites for hydroxylation is 1. The third-order valence-electron chi connectivity index (χ3n) is 5.84. The lowest BCUT2D eigenvalue weighted by atomic mass is 9.81. The molecule has 0 radical (unpaired) electrons. The van der Waals surface area contributed by atoms with E-state index in [2.05, 4.69) is 15.0 Å². The second kappa shape index (κ2) is 11.2. The van der Waals surface area contributed by atoms with Gasteiger partial charge in [0.1, 0.15) is 5.75 Å². The molecular weight excluding hydrogens is 521 g/mol. The van der Waals surface area contributed by atoms with Gasteiger partial charge in [0.05, 0.1) is 22.2 Å². The van der Waals surface area contributed by atoms with Crippen LogP contribution in [0, 0.1) is 0 Å². The molecule has 0 amide bonds. The number of carbonyl (C=O) groups is 2. The first-order valence-corrected chi connectivity index (χ1v) is 13.2. The smallest absolute Gasteiger partial charge is 0.313 e. The molecule has 2 heterocycles. The fourth-order valence-corrected chi connectivity index (χ4v) is 5.67. The zero-order valence-corrected chi connectivity index (χ0v) is 22.5. The van der Waals surface area contributed by atoms with E-state index in [1.54, 1.807) is 24.5 Å². The second-order valence-corrected chi connectivity index (χ2v) is 10.8. The highest BCUT2D eigenvalue weighted by Gasteiger charge is 2.30. The van der Waals surface area contributed by atoms with Gasteiger partial charge in [-0.1, -0.05) is 67.0 Å². The van der Waals surface area contributed by atoms with E-state index in [4.69, 9.17) is 32.7 Å². The molecule has 4 rings (SSSR count). The van der Waals surface area contributed by atoms with Crippen LogP contribution in [0.3, 0.4) is 0 Å². The molecule has 0 saturated carbocycles. The SMILES string of the molecule is CC(=O)Oc1ccccc1C(C)(C)CC(=O)Oc1nc(SCc2c(Cl)cncc2Cl)nc2c1CCC2. The van der Waals surface area contributed by atoms with Crippen LogP contribution in [0.4, 0.5) is 0 Å². The van der Waals surface area contributed by atoms with E-state index >= 15 is 0 Å². The first-order valence-electron chi connectivity index (χ1n) is 11.4. The van der Waals surface area contributed by atoms with Crippen LogP contribution < -0.4 is 9.47 Å². The highest BCUT2D eigenvalue weighted by Crippen LogP contribution is 2.37. The zero-order valence-electron chi connectivity index (χ0n) is 20.1. The first-order chi connectivity index (χ1) is 17.1. The zero-order chi connectivity index (χ0) is 25.9. The molecule has 0 atom stereocenters. The summed E-state index contributed by atoms with van der Waals surface area (Å²) in [5.41, 5.74) is 2.60. The Bertz CT molecular complexity index is 1300. The minimum atomic E-state index is -0.647. The van der Waals surface area contributed by atoms with Crippen molar-refractivity contribution in [2.45, 2.75) is 62.8 Å². The average Bonchev–Trinajstić information content (AvgIpc) is 3.27. The molecular formula is C26H25Cl2N3O4S. The summed E-state index contributed by atoms with van der Waals surface area (Å²) in [4.78, 5) is 37.8. The van der Waals surface area contributed by atoms with Crippen molar-refractivity contribution in [3.8, 4) is 11.6 Å². The van der Waals surface area contributed by atoms with Crippen LogP contribution in [-0.4, -0.2) is 26.9 Å². The summed E-state index contributed by atoms with van der Waals surface area (Å²) in [5.74, 6) is 0.323. The maximum absolute atomic E-state index is 13.1. The van der Waals surface area contributed by atoms with Crippen LogP contribution in [-0.2, 0) is 33.6 Å². The van der Waals surface area contributed by atoms with Gasteiger partial charge < -0.3 is 9.47 Å². The number of aromatic nitrogens is 3. The van der Waals surface area contributed by atoms with Gasteiger partial charge in [-0.15, -0.1) is 0 Å². The van der Waals surface area contributed by atoms with Crippen LogP contribution >= 0.6 is 35.0 Å². The molecule has 1 aliphatic rings. The van der Waals surface area contributed by atoms with Crippen molar-refractivity contribution >= 4 is 46.9 Å². The number of ether oxygens (including phenoxy) is 2. The van der Waals surface area contributed by atoms with Crippen molar-refractivity contribution in [3.05, 3.63) is 69.1 Å². The van der Waals surface area contributed by atoms with Gasteiger partial charge in [-0.2, -0.15) is 4.98 Å². The largest absolute Gasteiger partial charge is 0.426 e. The van der Waals surface area contributed by atoms with Gasteiger partial charge in [-0.05, 0) is 25.3 Å². The number of nitrogens with zero attached hydrogens (tertiary/aromatic N) is 3. The molecule has 36 heavy (non-hydrogen) atoms. The number of hydrogen-bond donors (Lipinski definition) is 0. The molecule has 7 nitrogen and oxygen atoms in total. The van der Waals surface area contributed by atoms with Crippen LogP contribution in [0.5, 0.6) is 11.6 Å². The number of fused-ring (bicyclic) bond motifs is 1. The van der Waals surface area contributed by atoms with Crippen molar-refractivity contribution in [1.82, 2.24) is 15.0 Å². The van der Waals surface area contributed by atoms with Crippen molar-refractivity contribution in [3.63, 3.8) is 0 Å². The van der Waals surface area contributed by atoms with E-state index in [1.807, 2.05) is 26.0 Å². The third kappa shape index (κ3) is 6.17. The molecule has 0 aliphatic heterocycles. The van der Waals surface area contributed by atoms with Gasteiger partial charge in [0, 0.05) is 47.2 Å². The monoisotopic (exact) mass is 545 g/mol. The Balaban J connectivity index is 1.52. The number of rotatable bonds is 8. The van der Waals surface area contributed by atoms with Gasteiger partial charge in [-0.25, -0.2) is 4.98 Å². The van der Waals surface area contributed by atoms with Crippen molar-refractivity contribution < 1.29 is 19.1 Å².